The highest BCUT2D eigenvalue weighted by Crippen LogP contribution is 2.34. The van der Waals surface area contributed by atoms with E-state index in [1.54, 1.807) is 18.2 Å². The summed E-state index contributed by atoms with van der Waals surface area (Å²) in [5.74, 6) is 0.816. The van der Waals surface area contributed by atoms with Crippen molar-refractivity contribution in [2.45, 2.75) is 44.7 Å². The van der Waals surface area contributed by atoms with E-state index in [2.05, 4.69) is 15.3 Å². The lowest BCUT2D eigenvalue weighted by molar-refractivity contribution is -0.0892. The Morgan fingerprint density at radius 2 is 2.12 bits per heavy atom. The maximum Gasteiger partial charge on any atom is 0.416 e. The van der Waals surface area contributed by atoms with E-state index in [4.69, 9.17) is 16.3 Å². The topological polar surface area (TPSA) is 72.2 Å². The average Bonchev–Trinajstić information content (AvgIpc) is 3.19. The molecule has 0 bridgehead atoms. The van der Waals surface area contributed by atoms with Crippen molar-refractivity contribution in [2.24, 2.45) is 0 Å². The molecule has 0 aliphatic heterocycles. The van der Waals surface area contributed by atoms with E-state index in [0.717, 1.165) is 23.2 Å². The standard InChI is InChI=1S/C23H22ClF3N4O2/c1-2-16(32)12-31-9-8-19-21(31)22(29-13-28-19)30-15-6-7-20(18(24)11-15)33-17-5-3-4-14(10-17)23(25,26)27/h3-4,6-11,13,16-17,32H,2,5,12H2,1H3,(H,28,29,30). The van der Waals surface area contributed by atoms with Gasteiger partial charge in [0.05, 0.1) is 22.2 Å². The van der Waals surface area contributed by atoms with Crippen LogP contribution in [-0.4, -0.2) is 38.0 Å². The zero-order valence-corrected chi connectivity index (χ0v) is 18.4. The first kappa shape index (κ1) is 23.1. The predicted octanol–water partition coefficient (Wildman–Crippen LogP) is 5.80. The van der Waals surface area contributed by atoms with Crippen LogP contribution in [0.15, 0.2) is 60.6 Å². The van der Waals surface area contributed by atoms with Gasteiger partial charge in [0, 0.05) is 24.8 Å². The van der Waals surface area contributed by atoms with Crippen LogP contribution in [0.25, 0.3) is 11.0 Å². The Labute approximate surface area is 193 Å². The zero-order valence-electron chi connectivity index (χ0n) is 17.7. The summed E-state index contributed by atoms with van der Waals surface area (Å²) in [5, 5.41) is 13.5. The number of rotatable bonds is 7. The Balaban J connectivity index is 1.54. The number of hydrogen-bond acceptors (Lipinski definition) is 5. The van der Waals surface area contributed by atoms with Gasteiger partial charge in [-0.1, -0.05) is 30.7 Å². The number of fused-ring (bicyclic) bond motifs is 1. The van der Waals surface area contributed by atoms with Crippen LogP contribution in [0.2, 0.25) is 5.02 Å². The minimum atomic E-state index is -4.43. The molecule has 2 heterocycles. The van der Waals surface area contributed by atoms with E-state index in [1.165, 1.54) is 12.4 Å². The van der Waals surface area contributed by atoms with Gasteiger partial charge < -0.3 is 19.7 Å². The third-order valence-electron chi connectivity index (χ3n) is 5.26. The van der Waals surface area contributed by atoms with Crippen LogP contribution >= 0.6 is 11.6 Å². The number of nitrogens with zero attached hydrogens (tertiary/aromatic N) is 3. The molecule has 2 N–H and O–H groups in total. The van der Waals surface area contributed by atoms with E-state index < -0.39 is 24.0 Å². The summed E-state index contributed by atoms with van der Waals surface area (Å²) in [6.07, 6.45) is 2.05. The highest BCUT2D eigenvalue weighted by Gasteiger charge is 2.34. The van der Waals surface area contributed by atoms with Gasteiger partial charge in [0.25, 0.3) is 0 Å². The van der Waals surface area contributed by atoms with Crippen LogP contribution in [-0.2, 0) is 6.54 Å². The molecule has 33 heavy (non-hydrogen) atoms. The number of aliphatic hydroxyl groups excluding tert-OH is 1. The molecule has 2 unspecified atom stereocenters. The normalized spacial score (nSPS) is 17.2. The largest absolute Gasteiger partial charge is 0.484 e. The van der Waals surface area contributed by atoms with Crippen LogP contribution in [0.1, 0.15) is 19.8 Å². The predicted molar refractivity (Wildman–Crippen MR) is 121 cm³/mol. The fourth-order valence-electron chi connectivity index (χ4n) is 3.53. The molecule has 3 aromatic rings. The Morgan fingerprint density at radius 3 is 2.85 bits per heavy atom. The van der Waals surface area contributed by atoms with E-state index in [0.29, 0.717) is 30.9 Å². The maximum atomic E-state index is 13.0. The molecule has 0 fully saturated rings. The second-order valence-corrected chi connectivity index (χ2v) is 8.08. The molecule has 0 saturated heterocycles. The molecule has 1 aliphatic carbocycles. The molecule has 0 amide bonds. The summed E-state index contributed by atoms with van der Waals surface area (Å²) in [5.41, 5.74) is 1.34. The molecule has 1 aliphatic rings. The van der Waals surface area contributed by atoms with Crippen molar-refractivity contribution in [1.82, 2.24) is 14.5 Å². The van der Waals surface area contributed by atoms with Gasteiger partial charge in [0.1, 0.15) is 23.7 Å². The lowest BCUT2D eigenvalue weighted by atomic mass is 10.0. The highest BCUT2D eigenvalue weighted by molar-refractivity contribution is 6.32. The Morgan fingerprint density at radius 1 is 1.30 bits per heavy atom. The van der Waals surface area contributed by atoms with Crippen molar-refractivity contribution in [1.29, 1.82) is 0 Å². The van der Waals surface area contributed by atoms with Gasteiger partial charge in [-0.15, -0.1) is 0 Å². The fourth-order valence-corrected chi connectivity index (χ4v) is 3.76. The first-order valence-electron chi connectivity index (χ1n) is 10.4. The average molecular weight is 479 g/mol. The lowest BCUT2D eigenvalue weighted by Gasteiger charge is -2.21. The number of anilines is 2. The molecular formula is C23H22ClF3N4O2. The summed E-state index contributed by atoms with van der Waals surface area (Å²) >= 11 is 6.36. The van der Waals surface area contributed by atoms with Crippen LogP contribution < -0.4 is 10.1 Å². The smallest absolute Gasteiger partial charge is 0.416 e. The molecule has 1 aromatic carbocycles. The summed E-state index contributed by atoms with van der Waals surface area (Å²) < 4.78 is 46.5. The Kier molecular flexibility index (Phi) is 6.62. The number of aliphatic hydroxyl groups is 1. The molecule has 2 atom stereocenters. The number of ether oxygens (including phenoxy) is 1. The summed E-state index contributed by atoms with van der Waals surface area (Å²) in [4.78, 5) is 8.59. The van der Waals surface area contributed by atoms with Crippen molar-refractivity contribution < 1.29 is 23.0 Å². The van der Waals surface area contributed by atoms with Crippen molar-refractivity contribution in [3.63, 3.8) is 0 Å². The first-order valence-corrected chi connectivity index (χ1v) is 10.8. The molecule has 174 valence electrons. The lowest BCUT2D eigenvalue weighted by Crippen LogP contribution is -2.21. The van der Waals surface area contributed by atoms with E-state index in [9.17, 15) is 18.3 Å². The number of halogens is 4. The fraction of sp³-hybridized carbons (Fsp3) is 0.304. The summed E-state index contributed by atoms with van der Waals surface area (Å²) in [6, 6.07) is 6.76. The molecule has 6 nitrogen and oxygen atoms in total. The van der Waals surface area contributed by atoms with Crippen molar-refractivity contribution in [3.8, 4) is 5.75 Å². The van der Waals surface area contributed by atoms with Crippen molar-refractivity contribution in [2.75, 3.05) is 5.32 Å². The summed E-state index contributed by atoms with van der Waals surface area (Å²) in [6.45, 7) is 2.31. The first-order chi connectivity index (χ1) is 15.7. The number of nitrogens with one attached hydrogen (secondary N) is 1. The van der Waals surface area contributed by atoms with Gasteiger partial charge in [-0.2, -0.15) is 13.2 Å². The van der Waals surface area contributed by atoms with Gasteiger partial charge in [-0.05, 0) is 36.8 Å². The second-order valence-electron chi connectivity index (χ2n) is 7.67. The van der Waals surface area contributed by atoms with Gasteiger partial charge in [-0.3, -0.25) is 0 Å². The SMILES string of the molecule is CCC(O)Cn1ccc2ncnc(Nc3ccc(OC4C=C(C(F)(F)F)C=CC4)c(Cl)c3)c21. The minimum absolute atomic E-state index is 0.249. The number of alkyl halides is 3. The quantitative estimate of drug-likeness (QED) is 0.449. The van der Waals surface area contributed by atoms with Crippen LogP contribution in [0.3, 0.4) is 0 Å². The molecule has 0 saturated carbocycles. The molecular weight excluding hydrogens is 457 g/mol. The van der Waals surface area contributed by atoms with Crippen molar-refractivity contribution >= 4 is 34.1 Å². The second kappa shape index (κ2) is 9.44. The Hall–Kier alpha value is -3.04. The zero-order chi connectivity index (χ0) is 23.6. The van der Waals surface area contributed by atoms with Gasteiger partial charge in [0.15, 0.2) is 5.82 Å². The number of allylic oxidation sites excluding steroid dienone is 2. The third-order valence-corrected chi connectivity index (χ3v) is 5.56. The van der Waals surface area contributed by atoms with Crippen molar-refractivity contribution in [3.05, 3.63) is 65.6 Å². The number of aromatic nitrogens is 3. The van der Waals surface area contributed by atoms with E-state index in [-0.39, 0.29) is 10.8 Å². The van der Waals surface area contributed by atoms with E-state index in [1.807, 2.05) is 23.8 Å². The minimum Gasteiger partial charge on any atom is -0.484 e. The number of benzene rings is 1. The highest BCUT2D eigenvalue weighted by atomic mass is 35.5. The number of hydrogen-bond donors (Lipinski definition) is 2. The third kappa shape index (κ3) is 5.31. The molecule has 2 aromatic heterocycles. The maximum absolute atomic E-state index is 13.0. The molecule has 10 heteroatoms. The molecule has 4 rings (SSSR count). The van der Waals surface area contributed by atoms with E-state index >= 15 is 0 Å². The van der Waals surface area contributed by atoms with Crippen LogP contribution in [0.5, 0.6) is 5.75 Å². The van der Waals surface area contributed by atoms with Gasteiger partial charge in [0.2, 0.25) is 0 Å². The molecule has 0 radical (unpaired) electrons. The Bertz CT molecular complexity index is 1210. The monoisotopic (exact) mass is 478 g/mol. The van der Waals surface area contributed by atoms with Gasteiger partial charge >= 0.3 is 6.18 Å². The van der Waals surface area contributed by atoms with Gasteiger partial charge in [-0.25, -0.2) is 9.97 Å². The summed E-state index contributed by atoms with van der Waals surface area (Å²) in [7, 11) is 0. The van der Waals surface area contributed by atoms with Crippen LogP contribution in [0, 0.1) is 0 Å². The molecule has 0 spiro atoms. The van der Waals surface area contributed by atoms with Crippen LogP contribution in [0.4, 0.5) is 24.7 Å².